The molecule has 19 heavy (non-hydrogen) atoms. The maximum Gasteiger partial charge on any atom is 0.253 e. The summed E-state index contributed by atoms with van der Waals surface area (Å²) in [5, 5.41) is 2.40. The molecule has 0 aliphatic heterocycles. The molecule has 1 aliphatic carbocycles. The predicted molar refractivity (Wildman–Crippen MR) is 62.8 cm³/mol. The van der Waals surface area contributed by atoms with Gasteiger partial charge in [-0.2, -0.15) is 22.5 Å². The van der Waals surface area contributed by atoms with Crippen molar-refractivity contribution in [2.24, 2.45) is 0 Å². The summed E-state index contributed by atoms with van der Waals surface area (Å²) in [5.41, 5.74) is -0.795. The number of aromatic nitrogens is 1. The standard InChI is InChI=1S/C12H15F4N3/c1-2-19(7-3-4-7)6-5-17-10-8(13)11(15)18-12(16)9(10)14/h7H,2-6H2,1H3,(H,17,18). The van der Waals surface area contributed by atoms with Crippen LogP contribution in [0.4, 0.5) is 23.2 Å². The highest BCUT2D eigenvalue weighted by Gasteiger charge is 2.27. The van der Waals surface area contributed by atoms with Crippen molar-refractivity contribution in [2.45, 2.75) is 25.8 Å². The summed E-state index contributed by atoms with van der Waals surface area (Å²) in [4.78, 5) is 4.65. The molecule has 0 saturated heterocycles. The number of hydrogen-bond donors (Lipinski definition) is 1. The van der Waals surface area contributed by atoms with Crippen LogP contribution in [0.1, 0.15) is 19.8 Å². The molecule has 0 radical (unpaired) electrons. The molecule has 1 aliphatic rings. The molecule has 1 fully saturated rings. The second-order valence-corrected chi connectivity index (χ2v) is 4.48. The van der Waals surface area contributed by atoms with Crippen LogP contribution < -0.4 is 5.32 Å². The zero-order valence-corrected chi connectivity index (χ0v) is 10.5. The average Bonchev–Trinajstić information content (AvgIpc) is 3.20. The Bertz CT molecular complexity index is 437. The molecule has 1 N–H and O–H groups in total. The Morgan fingerprint density at radius 3 is 2.21 bits per heavy atom. The van der Waals surface area contributed by atoms with Gasteiger partial charge >= 0.3 is 0 Å². The summed E-state index contributed by atoms with van der Waals surface area (Å²) >= 11 is 0. The summed E-state index contributed by atoms with van der Waals surface area (Å²) in [6.07, 6.45) is 2.24. The molecule has 0 spiro atoms. The fourth-order valence-corrected chi connectivity index (χ4v) is 2.01. The highest BCUT2D eigenvalue weighted by atomic mass is 19.2. The van der Waals surface area contributed by atoms with Crippen molar-refractivity contribution >= 4 is 5.69 Å². The molecule has 7 heteroatoms. The second-order valence-electron chi connectivity index (χ2n) is 4.48. The van der Waals surface area contributed by atoms with E-state index in [4.69, 9.17) is 0 Å². The number of nitrogens with zero attached hydrogens (tertiary/aromatic N) is 2. The van der Waals surface area contributed by atoms with E-state index in [9.17, 15) is 17.6 Å². The summed E-state index contributed by atoms with van der Waals surface area (Å²) < 4.78 is 52.3. The number of anilines is 1. The molecule has 1 heterocycles. The van der Waals surface area contributed by atoms with Gasteiger partial charge in [0.1, 0.15) is 5.69 Å². The van der Waals surface area contributed by atoms with Crippen LogP contribution in [0.25, 0.3) is 0 Å². The van der Waals surface area contributed by atoms with E-state index in [2.05, 4.69) is 15.2 Å². The topological polar surface area (TPSA) is 28.2 Å². The van der Waals surface area contributed by atoms with Crippen LogP contribution in [0.5, 0.6) is 0 Å². The number of nitrogens with one attached hydrogen (secondary N) is 1. The van der Waals surface area contributed by atoms with Crippen molar-refractivity contribution in [3.63, 3.8) is 0 Å². The monoisotopic (exact) mass is 277 g/mol. The van der Waals surface area contributed by atoms with Gasteiger partial charge in [-0.1, -0.05) is 6.92 Å². The largest absolute Gasteiger partial charge is 0.379 e. The number of rotatable bonds is 6. The van der Waals surface area contributed by atoms with Crippen molar-refractivity contribution in [3.05, 3.63) is 23.5 Å². The lowest BCUT2D eigenvalue weighted by Crippen LogP contribution is -2.31. The van der Waals surface area contributed by atoms with E-state index in [0.29, 0.717) is 12.6 Å². The molecule has 0 atom stereocenters. The van der Waals surface area contributed by atoms with E-state index in [-0.39, 0.29) is 6.54 Å². The van der Waals surface area contributed by atoms with Crippen LogP contribution in [-0.2, 0) is 0 Å². The van der Waals surface area contributed by atoms with Gasteiger partial charge in [-0.05, 0) is 19.4 Å². The van der Waals surface area contributed by atoms with Crippen LogP contribution in [0.3, 0.4) is 0 Å². The maximum absolute atomic E-state index is 13.3. The zero-order valence-electron chi connectivity index (χ0n) is 10.5. The van der Waals surface area contributed by atoms with Crippen LogP contribution in [0, 0.1) is 23.5 Å². The summed E-state index contributed by atoms with van der Waals surface area (Å²) in [6.45, 7) is 3.59. The van der Waals surface area contributed by atoms with Gasteiger partial charge in [-0.25, -0.2) is 0 Å². The van der Waals surface area contributed by atoms with Gasteiger partial charge in [0, 0.05) is 19.1 Å². The van der Waals surface area contributed by atoms with E-state index in [1.807, 2.05) is 6.92 Å². The minimum atomic E-state index is -1.64. The van der Waals surface area contributed by atoms with Crippen LogP contribution in [0.2, 0.25) is 0 Å². The third-order valence-electron chi connectivity index (χ3n) is 3.17. The van der Waals surface area contributed by atoms with Crippen molar-refractivity contribution in [2.75, 3.05) is 25.0 Å². The Balaban J connectivity index is 1.99. The third-order valence-corrected chi connectivity index (χ3v) is 3.17. The minimum Gasteiger partial charge on any atom is -0.379 e. The highest BCUT2D eigenvalue weighted by molar-refractivity contribution is 5.45. The van der Waals surface area contributed by atoms with Gasteiger partial charge in [0.15, 0.2) is 0 Å². The minimum absolute atomic E-state index is 0.209. The second kappa shape index (κ2) is 5.73. The quantitative estimate of drug-likeness (QED) is 0.640. The van der Waals surface area contributed by atoms with Gasteiger partial charge in [-0.3, -0.25) is 4.90 Å². The van der Waals surface area contributed by atoms with E-state index in [1.165, 1.54) is 0 Å². The molecule has 0 aromatic carbocycles. The molecule has 0 unspecified atom stereocenters. The molecule has 1 aromatic rings. The summed E-state index contributed by atoms with van der Waals surface area (Å²) in [5.74, 6) is -6.27. The Kier molecular flexibility index (Phi) is 4.24. The van der Waals surface area contributed by atoms with Gasteiger partial charge in [0.05, 0.1) is 0 Å². The van der Waals surface area contributed by atoms with Crippen LogP contribution in [-0.4, -0.2) is 35.6 Å². The molecular weight excluding hydrogens is 262 g/mol. The number of hydrogen-bond acceptors (Lipinski definition) is 3. The fourth-order valence-electron chi connectivity index (χ4n) is 2.01. The lowest BCUT2D eigenvalue weighted by Gasteiger charge is -2.20. The molecule has 0 amide bonds. The molecule has 1 saturated carbocycles. The van der Waals surface area contributed by atoms with Crippen molar-refractivity contribution in [1.82, 2.24) is 9.88 Å². The first-order valence-electron chi connectivity index (χ1n) is 6.22. The summed E-state index contributed by atoms with van der Waals surface area (Å²) in [6, 6.07) is 0.521. The van der Waals surface area contributed by atoms with Gasteiger partial charge in [0.25, 0.3) is 11.9 Å². The van der Waals surface area contributed by atoms with Gasteiger partial charge < -0.3 is 5.32 Å². The first-order chi connectivity index (χ1) is 9.04. The van der Waals surface area contributed by atoms with Gasteiger partial charge in [0.2, 0.25) is 11.6 Å². The first kappa shape index (κ1) is 14.0. The molecule has 106 valence electrons. The molecular formula is C12H15F4N3. The smallest absolute Gasteiger partial charge is 0.253 e. The Hall–Kier alpha value is -1.37. The van der Waals surface area contributed by atoms with E-state index in [1.54, 1.807) is 0 Å². The molecule has 0 bridgehead atoms. The van der Waals surface area contributed by atoms with E-state index < -0.39 is 29.2 Å². The van der Waals surface area contributed by atoms with E-state index >= 15 is 0 Å². The average molecular weight is 277 g/mol. The van der Waals surface area contributed by atoms with Crippen molar-refractivity contribution < 1.29 is 17.6 Å². The third kappa shape index (κ3) is 3.15. The maximum atomic E-state index is 13.3. The number of pyridine rings is 1. The number of likely N-dealkylation sites (N-methyl/N-ethyl adjacent to an activating group) is 1. The zero-order chi connectivity index (χ0) is 14.0. The van der Waals surface area contributed by atoms with Gasteiger partial charge in [-0.15, -0.1) is 0 Å². The Morgan fingerprint density at radius 2 is 1.74 bits per heavy atom. The Morgan fingerprint density at radius 1 is 1.16 bits per heavy atom. The fraction of sp³-hybridized carbons (Fsp3) is 0.583. The van der Waals surface area contributed by atoms with Crippen LogP contribution >= 0.6 is 0 Å². The first-order valence-corrected chi connectivity index (χ1v) is 6.22. The van der Waals surface area contributed by atoms with E-state index in [0.717, 1.165) is 19.4 Å². The highest BCUT2D eigenvalue weighted by Crippen LogP contribution is 2.26. The lowest BCUT2D eigenvalue weighted by atomic mass is 10.3. The van der Waals surface area contributed by atoms with Crippen LogP contribution in [0.15, 0.2) is 0 Å². The number of halogens is 4. The SMILES string of the molecule is CCN(CCNc1c(F)c(F)nc(F)c1F)C1CC1. The normalized spacial score (nSPS) is 15.1. The molecule has 2 rings (SSSR count). The molecule has 1 aromatic heterocycles. The van der Waals surface area contributed by atoms with Crippen molar-refractivity contribution in [3.8, 4) is 0 Å². The molecule has 3 nitrogen and oxygen atoms in total. The predicted octanol–water partition coefficient (Wildman–Crippen LogP) is 2.53. The van der Waals surface area contributed by atoms with Crippen molar-refractivity contribution in [1.29, 1.82) is 0 Å². The Labute approximate surface area is 108 Å². The summed E-state index contributed by atoms with van der Waals surface area (Å²) in [7, 11) is 0. The lowest BCUT2D eigenvalue weighted by molar-refractivity contribution is 0.288.